The molecule has 3 nitrogen and oxygen atoms in total. The highest BCUT2D eigenvalue weighted by Crippen LogP contribution is 2.25. The molecule has 0 saturated heterocycles. The first-order valence-electron chi connectivity index (χ1n) is 5.14. The van der Waals surface area contributed by atoms with Crippen molar-refractivity contribution in [3.05, 3.63) is 0 Å². The summed E-state index contributed by atoms with van der Waals surface area (Å²) in [6.07, 6.45) is 3.01. The van der Waals surface area contributed by atoms with Gasteiger partial charge in [-0.2, -0.15) is 0 Å². The Morgan fingerprint density at radius 1 is 1.62 bits per heavy atom. The van der Waals surface area contributed by atoms with Crippen molar-refractivity contribution in [1.82, 2.24) is 10.2 Å². The molecule has 1 saturated carbocycles. The molecule has 0 aromatic heterocycles. The van der Waals surface area contributed by atoms with Crippen LogP contribution in [0.25, 0.3) is 0 Å². The fraction of sp³-hybridized carbons (Fsp3) is 0.900. The minimum absolute atomic E-state index is 0.274. The molecule has 1 aliphatic rings. The van der Waals surface area contributed by atoms with Crippen molar-refractivity contribution in [2.45, 2.75) is 45.2 Å². The summed E-state index contributed by atoms with van der Waals surface area (Å²) in [5.41, 5.74) is 0. The fourth-order valence-corrected chi connectivity index (χ4v) is 1.49. The van der Waals surface area contributed by atoms with Crippen LogP contribution in [0.3, 0.4) is 0 Å². The van der Waals surface area contributed by atoms with Gasteiger partial charge in [0, 0.05) is 25.6 Å². The lowest BCUT2D eigenvalue weighted by atomic mass is 10.2. The van der Waals surface area contributed by atoms with E-state index in [0.717, 1.165) is 6.54 Å². The number of amides is 1. The van der Waals surface area contributed by atoms with Crippen LogP contribution < -0.4 is 5.32 Å². The van der Waals surface area contributed by atoms with E-state index in [1.165, 1.54) is 12.8 Å². The molecule has 1 amide bonds. The number of carbonyl (C=O) groups excluding carboxylic acids is 1. The van der Waals surface area contributed by atoms with Crippen LogP contribution in [0, 0.1) is 0 Å². The van der Waals surface area contributed by atoms with E-state index in [1.54, 1.807) is 0 Å². The quantitative estimate of drug-likeness (QED) is 0.691. The van der Waals surface area contributed by atoms with Crippen molar-refractivity contribution >= 4 is 5.91 Å². The van der Waals surface area contributed by atoms with Gasteiger partial charge in [-0.1, -0.05) is 6.92 Å². The zero-order chi connectivity index (χ0) is 9.84. The molecule has 0 aliphatic heterocycles. The summed E-state index contributed by atoms with van der Waals surface area (Å²) < 4.78 is 0. The summed E-state index contributed by atoms with van der Waals surface area (Å²) in [6, 6.07) is 0.847. The SMILES string of the molecule is CCNC(C)CC(=O)N(C)C1CC1. The van der Waals surface area contributed by atoms with E-state index in [2.05, 4.69) is 19.2 Å². The summed E-state index contributed by atoms with van der Waals surface area (Å²) in [5.74, 6) is 0.274. The van der Waals surface area contributed by atoms with Gasteiger partial charge < -0.3 is 10.2 Å². The van der Waals surface area contributed by atoms with Crippen LogP contribution in [0.4, 0.5) is 0 Å². The van der Waals surface area contributed by atoms with Gasteiger partial charge in [0.15, 0.2) is 0 Å². The van der Waals surface area contributed by atoms with Gasteiger partial charge >= 0.3 is 0 Å². The van der Waals surface area contributed by atoms with Crippen molar-refractivity contribution in [3.63, 3.8) is 0 Å². The summed E-state index contributed by atoms with van der Waals surface area (Å²) in [4.78, 5) is 13.5. The highest BCUT2D eigenvalue weighted by atomic mass is 16.2. The van der Waals surface area contributed by atoms with Crippen molar-refractivity contribution in [2.75, 3.05) is 13.6 Å². The van der Waals surface area contributed by atoms with Gasteiger partial charge in [-0.25, -0.2) is 0 Å². The van der Waals surface area contributed by atoms with E-state index in [-0.39, 0.29) is 5.91 Å². The molecular weight excluding hydrogens is 164 g/mol. The minimum Gasteiger partial charge on any atom is -0.343 e. The molecule has 1 aliphatic carbocycles. The average molecular weight is 184 g/mol. The van der Waals surface area contributed by atoms with Gasteiger partial charge in [0.25, 0.3) is 0 Å². The van der Waals surface area contributed by atoms with Gasteiger partial charge in [0.1, 0.15) is 0 Å². The van der Waals surface area contributed by atoms with Gasteiger partial charge in [-0.05, 0) is 26.3 Å². The Morgan fingerprint density at radius 3 is 2.69 bits per heavy atom. The smallest absolute Gasteiger partial charge is 0.224 e. The molecule has 13 heavy (non-hydrogen) atoms. The highest BCUT2D eigenvalue weighted by molar-refractivity contribution is 5.77. The number of nitrogens with one attached hydrogen (secondary N) is 1. The Hall–Kier alpha value is -0.570. The van der Waals surface area contributed by atoms with Crippen LogP contribution in [-0.2, 0) is 4.79 Å². The number of rotatable bonds is 5. The summed E-state index contributed by atoms with van der Waals surface area (Å²) in [7, 11) is 1.92. The Kier molecular flexibility index (Phi) is 3.72. The lowest BCUT2D eigenvalue weighted by Crippen LogP contribution is -2.35. The van der Waals surface area contributed by atoms with Crippen LogP contribution in [0.15, 0.2) is 0 Å². The van der Waals surface area contributed by atoms with E-state index in [1.807, 2.05) is 11.9 Å². The van der Waals surface area contributed by atoms with Crippen molar-refractivity contribution in [2.24, 2.45) is 0 Å². The van der Waals surface area contributed by atoms with Gasteiger partial charge in [-0.15, -0.1) is 0 Å². The molecule has 1 atom stereocenters. The average Bonchev–Trinajstić information content (AvgIpc) is 2.85. The van der Waals surface area contributed by atoms with E-state index in [9.17, 15) is 4.79 Å². The molecule has 0 aromatic rings. The first kappa shape index (κ1) is 10.5. The van der Waals surface area contributed by atoms with Gasteiger partial charge in [0.05, 0.1) is 0 Å². The third-order valence-electron chi connectivity index (χ3n) is 2.52. The lowest BCUT2D eigenvalue weighted by Gasteiger charge is -2.19. The van der Waals surface area contributed by atoms with E-state index in [0.29, 0.717) is 18.5 Å². The normalized spacial score (nSPS) is 18.4. The van der Waals surface area contributed by atoms with Crippen LogP contribution in [-0.4, -0.2) is 36.5 Å². The molecule has 1 N–H and O–H groups in total. The topological polar surface area (TPSA) is 32.3 Å². The molecular formula is C10H20N2O. The molecule has 1 fully saturated rings. The molecule has 1 unspecified atom stereocenters. The Labute approximate surface area is 80.5 Å². The van der Waals surface area contributed by atoms with Crippen LogP contribution in [0.1, 0.15) is 33.1 Å². The van der Waals surface area contributed by atoms with E-state index >= 15 is 0 Å². The second kappa shape index (κ2) is 4.61. The second-order valence-electron chi connectivity index (χ2n) is 3.90. The lowest BCUT2D eigenvalue weighted by molar-refractivity contribution is -0.130. The predicted molar refractivity (Wildman–Crippen MR) is 53.5 cm³/mol. The van der Waals surface area contributed by atoms with Crippen LogP contribution in [0.5, 0.6) is 0 Å². The molecule has 76 valence electrons. The third-order valence-corrected chi connectivity index (χ3v) is 2.52. The Balaban J connectivity index is 2.22. The van der Waals surface area contributed by atoms with Crippen molar-refractivity contribution in [1.29, 1.82) is 0 Å². The largest absolute Gasteiger partial charge is 0.343 e. The molecule has 1 rings (SSSR count). The highest BCUT2D eigenvalue weighted by Gasteiger charge is 2.29. The number of nitrogens with zero attached hydrogens (tertiary/aromatic N) is 1. The van der Waals surface area contributed by atoms with Gasteiger partial charge in [0.2, 0.25) is 5.91 Å². The fourth-order valence-electron chi connectivity index (χ4n) is 1.49. The molecule has 0 aromatic carbocycles. The van der Waals surface area contributed by atoms with Crippen LogP contribution >= 0.6 is 0 Å². The van der Waals surface area contributed by atoms with Crippen molar-refractivity contribution < 1.29 is 4.79 Å². The maximum absolute atomic E-state index is 11.6. The molecule has 0 radical (unpaired) electrons. The number of hydrogen-bond acceptors (Lipinski definition) is 2. The van der Waals surface area contributed by atoms with Crippen molar-refractivity contribution in [3.8, 4) is 0 Å². The molecule has 3 heteroatoms. The second-order valence-corrected chi connectivity index (χ2v) is 3.90. The maximum atomic E-state index is 11.6. The molecule has 0 bridgehead atoms. The zero-order valence-corrected chi connectivity index (χ0v) is 8.84. The van der Waals surface area contributed by atoms with E-state index in [4.69, 9.17) is 0 Å². The zero-order valence-electron chi connectivity index (χ0n) is 8.84. The van der Waals surface area contributed by atoms with Gasteiger partial charge in [-0.3, -0.25) is 4.79 Å². The monoisotopic (exact) mass is 184 g/mol. The Morgan fingerprint density at radius 2 is 2.23 bits per heavy atom. The summed E-state index contributed by atoms with van der Waals surface area (Å²) in [5, 5.41) is 3.24. The minimum atomic E-state index is 0.274. The molecule has 0 heterocycles. The number of carbonyl (C=O) groups is 1. The summed E-state index contributed by atoms with van der Waals surface area (Å²) in [6.45, 7) is 5.05. The first-order chi connectivity index (χ1) is 6.15. The standard InChI is InChI=1S/C10H20N2O/c1-4-11-8(2)7-10(13)12(3)9-5-6-9/h8-9,11H,4-7H2,1-3H3. The summed E-state index contributed by atoms with van der Waals surface area (Å²) >= 11 is 0. The van der Waals surface area contributed by atoms with Crippen LogP contribution in [0.2, 0.25) is 0 Å². The Bertz CT molecular complexity index is 178. The predicted octanol–water partition coefficient (Wildman–Crippen LogP) is 0.995. The third kappa shape index (κ3) is 3.35. The first-order valence-corrected chi connectivity index (χ1v) is 5.14. The molecule has 0 spiro atoms. The number of hydrogen-bond donors (Lipinski definition) is 1. The maximum Gasteiger partial charge on any atom is 0.224 e. The van der Waals surface area contributed by atoms with E-state index < -0.39 is 0 Å².